The van der Waals surface area contributed by atoms with Gasteiger partial charge in [0.2, 0.25) is 15.0 Å². The SMILES string of the molecule is O=C1CC(CS(=O)(=O)Cl)CN1c1ccc(Cl)cc1F. The highest BCUT2D eigenvalue weighted by Gasteiger charge is 2.34. The average molecular weight is 326 g/mol. The molecule has 1 atom stereocenters. The van der Waals surface area contributed by atoms with E-state index >= 15 is 0 Å². The third-order valence-electron chi connectivity index (χ3n) is 2.84. The summed E-state index contributed by atoms with van der Waals surface area (Å²) >= 11 is 5.64. The van der Waals surface area contributed by atoms with E-state index in [9.17, 15) is 17.6 Å². The van der Waals surface area contributed by atoms with Crippen molar-refractivity contribution in [3.63, 3.8) is 0 Å². The first-order chi connectivity index (χ1) is 8.76. The van der Waals surface area contributed by atoms with Gasteiger partial charge in [-0.3, -0.25) is 4.79 Å². The molecule has 4 nitrogen and oxygen atoms in total. The van der Waals surface area contributed by atoms with E-state index in [0.717, 1.165) is 6.07 Å². The number of nitrogens with zero attached hydrogens (tertiary/aromatic N) is 1. The standard InChI is InChI=1S/C11H10Cl2FNO3S/c12-8-1-2-10(9(14)4-8)15-5-7(3-11(15)16)6-19(13,17)18/h1-2,4,7H,3,5-6H2. The van der Waals surface area contributed by atoms with Crippen LogP contribution in [0, 0.1) is 11.7 Å². The fourth-order valence-corrected chi connectivity index (χ4v) is 3.59. The van der Waals surface area contributed by atoms with Crippen LogP contribution in [0.1, 0.15) is 6.42 Å². The van der Waals surface area contributed by atoms with Crippen molar-refractivity contribution in [3.05, 3.63) is 29.0 Å². The lowest BCUT2D eigenvalue weighted by atomic mass is 10.1. The minimum absolute atomic E-state index is 0.0357. The van der Waals surface area contributed by atoms with Crippen molar-refractivity contribution < 1.29 is 17.6 Å². The van der Waals surface area contributed by atoms with Crippen LogP contribution in [0.4, 0.5) is 10.1 Å². The summed E-state index contributed by atoms with van der Waals surface area (Å²) in [5, 5.41) is 0.229. The molecule has 0 spiro atoms. The number of hydrogen-bond donors (Lipinski definition) is 0. The molecule has 104 valence electrons. The molecule has 1 saturated heterocycles. The van der Waals surface area contributed by atoms with Crippen molar-refractivity contribution in [2.45, 2.75) is 6.42 Å². The molecule has 1 amide bonds. The number of rotatable bonds is 3. The van der Waals surface area contributed by atoms with Gasteiger partial charge in [0.25, 0.3) is 0 Å². The maximum Gasteiger partial charge on any atom is 0.232 e. The molecule has 0 bridgehead atoms. The van der Waals surface area contributed by atoms with Gasteiger partial charge in [0, 0.05) is 34.6 Å². The molecular weight excluding hydrogens is 316 g/mol. The highest BCUT2D eigenvalue weighted by atomic mass is 35.7. The fraction of sp³-hybridized carbons (Fsp3) is 0.364. The van der Waals surface area contributed by atoms with Crippen molar-refractivity contribution in [2.75, 3.05) is 17.2 Å². The number of anilines is 1. The maximum absolute atomic E-state index is 13.7. The van der Waals surface area contributed by atoms with Gasteiger partial charge in [0.15, 0.2) is 0 Å². The van der Waals surface area contributed by atoms with E-state index in [1.54, 1.807) is 0 Å². The highest BCUT2D eigenvalue weighted by Crippen LogP contribution is 2.29. The van der Waals surface area contributed by atoms with Crippen molar-refractivity contribution in [2.24, 2.45) is 5.92 Å². The van der Waals surface area contributed by atoms with Gasteiger partial charge in [-0.1, -0.05) is 11.6 Å². The first kappa shape index (κ1) is 14.6. The van der Waals surface area contributed by atoms with Crippen molar-refractivity contribution in [3.8, 4) is 0 Å². The lowest BCUT2D eigenvalue weighted by Gasteiger charge is -2.17. The lowest BCUT2D eigenvalue weighted by Crippen LogP contribution is -2.26. The molecule has 0 saturated carbocycles. The van der Waals surface area contributed by atoms with E-state index in [4.69, 9.17) is 22.3 Å². The van der Waals surface area contributed by atoms with Crippen LogP contribution < -0.4 is 4.90 Å². The van der Waals surface area contributed by atoms with Crippen LogP contribution in [0.25, 0.3) is 0 Å². The van der Waals surface area contributed by atoms with Crippen LogP contribution in [-0.2, 0) is 13.8 Å². The van der Waals surface area contributed by atoms with Gasteiger partial charge in [0.1, 0.15) is 5.82 Å². The average Bonchev–Trinajstić information content (AvgIpc) is 2.56. The third-order valence-corrected chi connectivity index (χ3v) is 4.32. The summed E-state index contributed by atoms with van der Waals surface area (Å²) in [6, 6.07) is 3.97. The van der Waals surface area contributed by atoms with E-state index in [2.05, 4.69) is 0 Å². The van der Waals surface area contributed by atoms with Crippen LogP contribution >= 0.6 is 22.3 Å². The van der Waals surface area contributed by atoms with E-state index in [1.165, 1.54) is 17.0 Å². The summed E-state index contributed by atoms with van der Waals surface area (Å²) in [7, 11) is 1.48. The number of amides is 1. The van der Waals surface area contributed by atoms with Crippen LogP contribution in [0.2, 0.25) is 5.02 Å². The Bertz CT molecular complexity index is 620. The van der Waals surface area contributed by atoms with Crippen molar-refractivity contribution >= 4 is 42.9 Å². The zero-order chi connectivity index (χ0) is 14.2. The van der Waals surface area contributed by atoms with E-state index in [0.29, 0.717) is 0 Å². The van der Waals surface area contributed by atoms with Crippen LogP contribution in [-0.4, -0.2) is 26.6 Å². The second-order valence-electron chi connectivity index (χ2n) is 4.38. The van der Waals surface area contributed by atoms with Crippen LogP contribution in [0.3, 0.4) is 0 Å². The van der Waals surface area contributed by atoms with Gasteiger partial charge in [-0.2, -0.15) is 0 Å². The Morgan fingerprint density at radius 2 is 2.11 bits per heavy atom. The molecule has 0 radical (unpaired) electrons. The first-order valence-electron chi connectivity index (χ1n) is 5.44. The Morgan fingerprint density at radius 1 is 1.42 bits per heavy atom. The second-order valence-corrected chi connectivity index (χ2v) is 7.63. The van der Waals surface area contributed by atoms with Gasteiger partial charge in [-0.05, 0) is 18.2 Å². The summed E-state index contributed by atoms with van der Waals surface area (Å²) in [6.45, 7) is 0.128. The van der Waals surface area contributed by atoms with Crippen LogP contribution in [0.15, 0.2) is 18.2 Å². The second kappa shape index (κ2) is 5.26. The number of benzene rings is 1. The summed E-state index contributed by atoms with van der Waals surface area (Å²) in [5.74, 6) is -1.67. The van der Waals surface area contributed by atoms with Gasteiger partial charge in [-0.15, -0.1) is 0 Å². The Balaban J connectivity index is 2.20. The third kappa shape index (κ3) is 3.58. The molecule has 1 aliphatic heterocycles. The number of carbonyl (C=O) groups is 1. The van der Waals surface area contributed by atoms with Gasteiger partial charge >= 0.3 is 0 Å². The number of carbonyl (C=O) groups excluding carboxylic acids is 1. The predicted octanol–water partition coefficient (Wildman–Crippen LogP) is 2.40. The first-order valence-corrected chi connectivity index (χ1v) is 8.29. The number of hydrogen-bond acceptors (Lipinski definition) is 3. The molecular formula is C11H10Cl2FNO3S. The molecule has 0 N–H and O–H groups in total. The summed E-state index contributed by atoms with van der Waals surface area (Å²) in [6.07, 6.45) is 0.0357. The molecule has 2 rings (SSSR count). The molecule has 1 aromatic rings. The fourth-order valence-electron chi connectivity index (χ4n) is 2.11. The summed E-state index contributed by atoms with van der Waals surface area (Å²) < 4.78 is 35.7. The molecule has 19 heavy (non-hydrogen) atoms. The normalized spacial score (nSPS) is 20.1. The Morgan fingerprint density at radius 3 is 2.68 bits per heavy atom. The van der Waals surface area contributed by atoms with Crippen molar-refractivity contribution in [1.29, 1.82) is 0 Å². The van der Waals surface area contributed by atoms with Crippen molar-refractivity contribution in [1.82, 2.24) is 0 Å². The summed E-state index contributed by atoms with van der Waals surface area (Å²) in [5.41, 5.74) is 0.101. The predicted molar refractivity (Wildman–Crippen MR) is 71.5 cm³/mol. The Hall–Kier alpha value is -0.850. The summed E-state index contributed by atoms with van der Waals surface area (Å²) in [4.78, 5) is 13.0. The maximum atomic E-state index is 13.7. The molecule has 0 aromatic heterocycles. The molecule has 1 aromatic carbocycles. The van der Waals surface area contributed by atoms with Gasteiger partial charge in [0.05, 0.1) is 11.4 Å². The van der Waals surface area contributed by atoms with E-state index in [-0.39, 0.29) is 35.3 Å². The topological polar surface area (TPSA) is 54.5 Å². The quantitative estimate of drug-likeness (QED) is 0.802. The zero-order valence-electron chi connectivity index (χ0n) is 9.64. The largest absolute Gasteiger partial charge is 0.309 e. The smallest absolute Gasteiger partial charge is 0.232 e. The highest BCUT2D eigenvalue weighted by molar-refractivity contribution is 8.13. The Labute approximate surface area is 119 Å². The molecule has 1 unspecified atom stereocenters. The zero-order valence-corrected chi connectivity index (χ0v) is 12.0. The monoisotopic (exact) mass is 325 g/mol. The van der Waals surface area contributed by atoms with Crippen LogP contribution in [0.5, 0.6) is 0 Å². The minimum atomic E-state index is -3.67. The minimum Gasteiger partial charge on any atom is -0.309 e. The molecule has 1 fully saturated rings. The van der Waals surface area contributed by atoms with E-state index < -0.39 is 20.8 Å². The van der Waals surface area contributed by atoms with Gasteiger partial charge < -0.3 is 4.90 Å². The molecule has 8 heteroatoms. The van der Waals surface area contributed by atoms with E-state index in [1.807, 2.05) is 0 Å². The molecule has 0 aliphatic carbocycles. The molecule has 1 aliphatic rings. The molecule has 1 heterocycles. The number of halogens is 3. The van der Waals surface area contributed by atoms with Gasteiger partial charge in [-0.25, -0.2) is 12.8 Å². The lowest BCUT2D eigenvalue weighted by molar-refractivity contribution is -0.117. The Kier molecular flexibility index (Phi) is 4.03.